The molecule has 2 aromatic rings. The van der Waals surface area contributed by atoms with E-state index in [0.29, 0.717) is 30.4 Å². The number of nitrogens with one attached hydrogen (secondary N) is 1. The molecule has 2 saturated carbocycles. The Morgan fingerprint density at radius 2 is 1.81 bits per heavy atom. The van der Waals surface area contributed by atoms with Crippen molar-refractivity contribution in [1.29, 1.82) is 0 Å². The maximum absolute atomic E-state index is 15.2. The maximum Gasteiger partial charge on any atom is 0.416 e. The van der Waals surface area contributed by atoms with Gasteiger partial charge in [0.2, 0.25) is 11.7 Å². The number of halogens is 4. The lowest BCUT2D eigenvalue weighted by atomic mass is 9.73. The van der Waals surface area contributed by atoms with Crippen molar-refractivity contribution in [2.75, 3.05) is 16.8 Å². The summed E-state index contributed by atoms with van der Waals surface area (Å²) in [7, 11) is 0. The third-order valence-corrected chi connectivity index (χ3v) is 6.05. The van der Waals surface area contributed by atoms with E-state index in [0.717, 1.165) is 37.8 Å². The Hall–Kier alpha value is -2.91. The van der Waals surface area contributed by atoms with Crippen LogP contribution in [-0.4, -0.2) is 28.5 Å². The number of carbonyl (C=O) groups is 1. The molecule has 0 unspecified atom stereocenters. The lowest BCUT2D eigenvalue weighted by Crippen LogP contribution is -2.33. The first-order valence-electron chi connectivity index (χ1n) is 10.7. The zero-order valence-electron chi connectivity index (χ0n) is 17.4. The molecule has 10 heteroatoms. The molecule has 1 aromatic heterocycles. The van der Waals surface area contributed by atoms with Crippen LogP contribution in [0.1, 0.15) is 43.2 Å². The van der Waals surface area contributed by atoms with Crippen molar-refractivity contribution in [2.24, 2.45) is 17.6 Å². The molecular formula is C22H25F4N5O. The van der Waals surface area contributed by atoms with Crippen LogP contribution in [0, 0.1) is 17.7 Å². The minimum atomic E-state index is -4.39. The monoisotopic (exact) mass is 451 g/mol. The summed E-state index contributed by atoms with van der Waals surface area (Å²) >= 11 is 0. The number of benzene rings is 1. The van der Waals surface area contributed by atoms with E-state index in [1.165, 1.54) is 18.5 Å². The van der Waals surface area contributed by atoms with Gasteiger partial charge >= 0.3 is 6.18 Å². The summed E-state index contributed by atoms with van der Waals surface area (Å²) < 4.78 is 53.7. The quantitative estimate of drug-likeness (QED) is 0.561. The normalized spacial score (nSPS) is 20.5. The van der Waals surface area contributed by atoms with Crippen LogP contribution in [0.5, 0.6) is 0 Å². The number of amides is 1. The summed E-state index contributed by atoms with van der Waals surface area (Å²) in [6, 6.07) is 4.99. The standard InChI is InChI=1S/C22H25F4N5O/c23-19-20(28-10-15-7-14(8-15)9-18(27)32)29-12-30-21(19)31(17-5-6-17)11-13-1-3-16(4-2-13)22(24,25)26/h1-4,12,14-15,17H,5-11H2,(H2,27,32)(H,28,29,30). The van der Waals surface area contributed by atoms with Gasteiger partial charge in [-0.1, -0.05) is 12.1 Å². The molecule has 2 aliphatic rings. The number of alkyl halides is 3. The second kappa shape index (κ2) is 8.91. The second-order valence-corrected chi connectivity index (χ2v) is 8.67. The average molecular weight is 451 g/mol. The van der Waals surface area contributed by atoms with Crippen LogP contribution in [0.15, 0.2) is 30.6 Å². The first-order valence-corrected chi connectivity index (χ1v) is 10.7. The van der Waals surface area contributed by atoms with Crippen LogP contribution in [0.2, 0.25) is 0 Å². The Kier molecular flexibility index (Phi) is 6.21. The molecule has 3 N–H and O–H groups in total. The van der Waals surface area contributed by atoms with Crippen molar-refractivity contribution < 1.29 is 22.4 Å². The Morgan fingerprint density at radius 1 is 1.12 bits per heavy atom. The van der Waals surface area contributed by atoms with Crippen LogP contribution in [0.4, 0.5) is 29.2 Å². The zero-order chi connectivity index (χ0) is 22.9. The third-order valence-electron chi connectivity index (χ3n) is 6.05. The van der Waals surface area contributed by atoms with Crippen molar-refractivity contribution in [1.82, 2.24) is 9.97 Å². The van der Waals surface area contributed by atoms with Crippen molar-refractivity contribution >= 4 is 17.5 Å². The van der Waals surface area contributed by atoms with Gasteiger partial charge in [0.1, 0.15) is 6.33 Å². The highest BCUT2D eigenvalue weighted by atomic mass is 19.4. The molecule has 1 amide bonds. The number of rotatable bonds is 9. The Balaban J connectivity index is 1.42. The molecule has 1 heterocycles. The highest BCUT2D eigenvalue weighted by Gasteiger charge is 2.34. The van der Waals surface area contributed by atoms with Crippen molar-refractivity contribution in [3.63, 3.8) is 0 Å². The summed E-state index contributed by atoms with van der Waals surface area (Å²) in [6.07, 6.45) is 0.734. The third kappa shape index (κ3) is 5.28. The van der Waals surface area contributed by atoms with Gasteiger partial charge in [-0.3, -0.25) is 4.79 Å². The van der Waals surface area contributed by atoms with Crippen LogP contribution < -0.4 is 16.0 Å². The fraction of sp³-hybridized carbons (Fsp3) is 0.500. The van der Waals surface area contributed by atoms with E-state index in [4.69, 9.17) is 5.73 Å². The first-order chi connectivity index (χ1) is 15.2. The van der Waals surface area contributed by atoms with Gasteiger partial charge in [0.05, 0.1) is 5.56 Å². The number of nitrogens with zero attached hydrogens (tertiary/aromatic N) is 3. The van der Waals surface area contributed by atoms with Crippen LogP contribution in [-0.2, 0) is 17.5 Å². The molecule has 6 nitrogen and oxygen atoms in total. The molecule has 0 spiro atoms. The number of primary amides is 1. The van der Waals surface area contributed by atoms with E-state index in [-0.39, 0.29) is 30.1 Å². The molecule has 2 aliphatic carbocycles. The number of hydrogen-bond donors (Lipinski definition) is 2. The van der Waals surface area contributed by atoms with E-state index in [1.807, 2.05) is 0 Å². The smallest absolute Gasteiger partial charge is 0.370 e. The molecule has 0 atom stereocenters. The molecule has 4 rings (SSSR count). The fourth-order valence-electron chi connectivity index (χ4n) is 4.18. The highest BCUT2D eigenvalue weighted by Crippen LogP contribution is 2.37. The molecule has 0 aliphatic heterocycles. The van der Waals surface area contributed by atoms with E-state index >= 15 is 4.39 Å². The van der Waals surface area contributed by atoms with Gasteiger partial charge in [0, 0.05) is 25.6 Å². The molecular weight excluding hydrogens is 426 g/mol. The van der Waals surface area contributed by atoms with Crippen molar-refractivity contribution in [3.05, 3.63) is 47.5 Å². The predicted molar refractivity (Wildman–Crippen MR) is 111 cm³/mol. The second-order valence-electron chi connectivity index (χ2n) is 8.67. The molecule has 0 radical (unpaired) electrons. The van der Waals surface area contributed by atoms with Gasteiger partial charge in [-0.15, -0.1) is 0 Å². The highest BCUT2D eigenvalue weighted by molar-refractivity contribution is 5.74. The number of anilines is 2. The maximum atomic E-state index is 15.2. The number of nitrogens with two attached hydrogens (primary N) is 1. The SMILES string of the molecule is NC(=O)CC1CC(CNc2ncnc(N(Cc3ccc(C(F)(F)F)cc3)C3CC3)c2F)C1. The first kappa shape index (κ1) is 22.3. The van der Waals surface area contributed by atoms with Crippen molar-refractivity contribution in [2.45, 2.75) is 50.9 Å². The lowest BCUT2D eigenvalue weighted by molar-refractivity contribution is -0.137. The summed E-state index contributed by atoms with van der Waals surface area (Å²) in [5.74, 6) is -0.0139. The van der Waals surface area contributed by atoms with Gasteiger partial charge in [-0.05, 0) is 55.2 Å². The van der Waals surface area contributed by atoms with Gasteiger partial charge < -0.3 is 16.0 Å². The molecule has 32 heavy (non-hydrogen) atoms. The molecule has 172 valence electrons. The lowest BCUT2D eigenvalue weighted by Gasteiger charge is -2.35. The van der Waals surface area contributed by atoms with Crippen LogP contribution in [0.25, 0.3) is 0 Å². The summed E-state index contributed by atoms with van der Waals surface area (Å²) in [6.45, 7) is 0.790. The molecule has 0 saturated heterocycles. The minimum absolute atomic E-state index is 0.0933. The van der Waals surface area contributed by atoms with Crippen LogP contribution in [0.3, 0.4) is 0 Å². The zero-order valence-corrected chi connectivity index (χ0v) is 17.4. The predicted octanol–water partition coefficient (Wildman–Crippen LogP) is 4.12. The van der Waals surface area contributed by atoms with Crippen LogP contribution >= 0.6 is 0 Å². The number of carbonyl (C=O) groups excluding carboxylic acids is 1. The molecule has 0 bridgehead atoms. The van der Waals surface area contributed by atoms with E-state index in [1.54, 1.807) is 4.90 Å². The van der Waals surface area contributed by atoms with Gasteiger partial charge in [-0.2, -0.15) is 17.6 Å². The van der Waals surface area contributed by atoms with E-state index < -0.39 is 17.6 Å². The largest absolute Gasteiger partial charge is 0.416 e. The molecule has 2 fully saturated rings. The summed E-state index contributed by atoms with van der Waals surface area (Å²) in [4.78, 5) is 20.9. The number of aromatic nitrogens is 2. The minimum Gasteiger partial charge on any atom is -0.370 e. The van der Waals surface area contributed by atoms with Gasteiger partial charge in [0.15, 0.2) is 11.6 Å². The Labute approximate surface area is 183 Å². The van der Waals surface area contributed by atoms with Gasteiger partial charge in [-0.25, -0.2) is 9.97 Å². The average Bonchev–Trinajstić information content (AvgIpc) is 3.53. The fourth-order valence-corrected chi connectivity index (χ4v) is 4.18. The molecule has 1 aromatic carbocycles. The van der Waals surface area contributed by atoms with Crippen molar-refractivity contribution in [3.8, 4) is 0 Å². The summed E-state index contributed by atoms with van der Waals surface area (Å²) in [5, 5.41) is 3.04. The number of hydrogen-bond acceptors (Lipinski definition) is 5. The Bertz CT molecular complexity index is 956. The van der Waals surface area contributed by atoms with E-state index in [9.17, 15) is 18.0 Å². The topological polar surface area (TPSA) is 84.1 Å². The summed E-state index contributed by atoms with van der Waals surface area (Å²) in [5.41, 5.74) is 5.14. The van der Waals surface area contributed by atoms with E-state index in [2.05, 4.69) is 15.3 Å². The van der Waals surface area contributed by atoms with Gasteiger partial charge in [0.25, 0.3) is 0 Å². The Morgan fingerprint density at radius 3 is 2.41 bits per heavy atom.